The Kier molecular flexibility index (Phi) is 7.23. The molecule has 3 N–H and O–H groups in total. The Morgan fingerprint density at radius 1 is 1.45 bits per heavy atom. The maximum atomic E-state index is 8.81. The Bertz CT molecular complexity index is 449. The summed E-state index contributed by atoms with van der Waals surface area (Å²) < 4.78 is 5.83. The number of halogens is 1. The fraction of sp³-hybridized carbons (Fsp3) is 0.533. The molecule has 0 aliphatic rings. The molecule has 0 amide bonds. The fourth-order valence-corrected chi connectivity index (χ4v) is 2.16. The number of benzene rings is 1. The lowest BCUT2D eigenvalue weighted by atomic mass is 10.0. The molecule has 0 aliphatic heterocycles. The van der Waals surface area contributed by atoms with Crippen molar-refractivity contribution in [1.82, 2.24) is 0 Å². The van der Waals surface area contributed by atoms with E-state index < -0.39 is 0 Å². The van der Waals surface area contributed by atoms with Gasteiger partial charge in [-0.15, -0.1) is 0 Å². The van der Waals surface area contributed by atoms with Gasteiger partial charge in [-0.3, -0.25) is 0 Å². The molecule has 0 fully saturated rings. The van der Waals surface area contributed by atoms with Crippen LogP contribution in [0, 0.1) is 5.92 Å². The molecule has 0 saturated carbocycles. The molecule has 1 aromatic rings. The van der Waals surface area contributed by atoms with E-state index in [4.69, 9.17) is 27.3 Å². The zero-order valence-corrected chi connectivity index (χ0v) is 12.9. The smallest absolute Gasteiger partial charge is 0.173 e. The van der Waals surface area contributed by atoms with Crippen LogP contribution in [0.4, 0.5) is 0 Å². The van der Waals surface area contributed by atoms with Gasteiger partial charge in [-0.25, -0.2) is 0 Å². The number of amidine groups is 1. The highest BCUT2D eigenvalue weighted by Gasteiger charge is 2.12. The van der Waals surface area contributed by atoms with Gasteiger partial charge in [0.05, 0.1) is 12.2 Å². The largest absolute Gasteiger partial charge is 0.493 e. The molecule has 20 heavy (non-hydrogen) atoms. The van der Waals surface area contributed by atoms with Gasteiger partial charge in [0.25, 0.3) is 0 Å². The molecule has 0 bridgehead atoms. The first-order valence-electron chi connectivity index (χ1n) is 7.02. The summed E-state index contributed by atoms with van der Waals surface area (Å²) in [6.07, 6.45) is 4.62. The molecule has 0 spiro atoms. The first kappa shape index (κ1) is 16.6. The Morgan fingerprint density at radius 3 is 2.80 bits per heavy atom. The van der Waals surface area contributed by atoms with Crippen molar-refractivity contribution in [3.63, 3.8) is 0 Å². The average Bonchev–Trinajstić information content (AvgIpc) is 2.47. The maximum absolute atomic E-state index is 8.81. The number of hydrogen-bond acceptors (Lipinski definition) is 3. The van der Waals surface area contributed by atoms with Crippen molar-refractivity contribution in [1.29, 1.82) is 0 Å². The summed E-state index contributed by atoms with van der Waals surface area (Å²) in [6, 6.07) is 5.12. The summed E-state index contributed by atoms with van der Waals surface area (Å²) in [7, 11) is 0. The van der Waals surface area contributed by atoms with Crippen molar-refractivity contribution in [3.05, 3.63) is 28.8 Å². The molecule has 4 nitrogen and oxygen atoms in total. The lowest BCUT2D eigenvalue weighted by molar-refractivity contribution is 0.233. The maximum Gasteiger partial charge on any atom is 0.173 e. The summed E-state index contributed by atoms with van der Waals surface area (Å²) in [5.41, 5.74) is 6.16. The number of oxime groups is 1. The van der Waals surface area contributed by atoms with E-state index in [0.29, 0.717) is 28.9 Å². The van der Waals surface area contributed by atoms with Gasteiger partial charge in [-0.05, 0) is 30.5 Å². The summed E-state index contributed by atoms with van der Waals surface area (Å²) >= 11 is 5.93. The number of rotatable bonds is 8. The predicted molar refractivity (Wildman–Crippen MR) is 82.8 cm³/mol. The Hall–Kier alpha value is -1.42. The van der Waals surface area contributed by atoms with Gasteiger partial charge in [0, 0.05) is 5.02 Å². The van der Waals surface area contributed by atoms with Crippen LogP contribution in [-0.2, 0) is 0 Å². The van der Waals surface area contributed by atoms with Crippen LogP contribution in [0.15, 0.2) is 23.4 Å². The third-order valence-corrected chi connectivity index (χ3v) is 3.58. The highest BCUT2D eigenvalue weighted by molar-refractivity contribution is 6.31. The molecule has 1 atom stereocenters. The van der Waals surface area contributed by atoms with Crippen LogP contribution in [0.1, 0.15) is 45.1 Å². The zero-order valence-electron chi connectivity index (χ0n) is 12.1. The molecule has 0 aliphatic carbocycles. The number of nitrogens with zero attached hydrogens (tertiary/aromatic N) is 1. The molecule has 0 heterocycles. The Labute approximate surface area is 125 Å². The van der Waals surface area contributed by atoms with Crippen LogP contribution in [0.3, 0.4) is 0 Å². The summed E-state index contributed by atoms with van der Waals surface area (Å²) in [6.45, 7) is 4.98. The molecular weight excluding hydrogens is 276 g/mol. The SMILES string of the molecule is CCCCC(CC)COc1ccc(Cl)cc1C(N)=NO. The highest BCUT2D eigenvalue weighted by Crippen LogP contribution is 2.24. The van der Waals surface area contributed by atoms with E-state index in [1.54, 1.807) is 18.2 Å². The van der Waals surface area contributed by atoms with E-state index in [1.807, 2.05) is 0 Å². The third-order valence-electron chi connectivity index (χ3n) is 3.34. The lowest BCUT2D eigenvalue weighted by Crippen LogP contribution is -2.17. The van der Waals surface area contributed by atoms with Crippen molar-refractivity contribution < 1.29 is 9.94 Å². The van der Waals surface area contributed by atoms with E-state index in [2.05, 4.69) is 19.0 Å². The molecular formula is C15H23ClN2O2. The minimum atomic E-state index is 0.00380. The lowest BCUT2D eigenvalue weighted by Gasteiger charge is -2.17. The van der Waals surface area contributed by atoms with Crippen LogP contribution in [0.25, 0.3) is 0 Å². The molecule has 0 aromatic heterocycles. The van der Waals surface area contributed by atoms with Gasteiger partial charge in [0.2, 0.25) is 0 Å². The van der Waals surface area contributed by atoms with Crippen molar-refractivity contribution in [2.24, 2.45) is 16.8 Å². The van der Waals surface area contributed by atoms with Gasteiger partial charge >= 0.3 is 0 Å². The van der Waals surface area contributed by atoms with Crippen molar-refractivity contribution in [2.75, 3.05) is 6.61 Å². The van der Waals surface area contributed by atoms with Gasteiger partial charge in [0.1, 0.15) is 5.75 Å². The van der Waals surface area contributed by atoms with E-state index in [9.17, 15) is 0 Å². The first-order chi connectivity index (χ1) is 9.62. The first-order valence-corrected chi connectivity index (χ1v) is 7.40. The average molecular weight is 299 g/mol. The minimum Gasteiger partial charge on any atom is -0.493 e. The second kappa shape index (κ2) is 8.69. The summed E-state index contributed by atoms with van der Waals surface area (Å²) in [5, 5.41) is 12.3. The Morgan fingerprint density at radius 2 is 2.20 bits per heavy atom. The molecule has 5 heteroatoms. The van der Waals surface area contributed by atoms with Gasteiger partial charge in [-0.2, -0.15) is 0 Å². The number of unbranched alkanes of at least 4 members (excludes halogenated alkanes) is 1. The second-order valence-corrected chi connectivity index (χ2v) is 5.29. The minimum absolute atomic E-state index is 0.00380. The fourth-order valence-electron chi connectivity index (χ4n) is 1.99. The van der Waals surface area contributed by atoms with Crippen LogP contribution in [-0.4, -0.2) is 17.6 Å². The van der Waals surface area contributed by atoms with E-state index in [0.717, 1.165) is 12.8 Å². The van der Waals surface area contributed by atoms with Gasteiger partial charge < -0.3 is 15.7 Å². The quantitative estimate of drug-likeness (QED) is 0.329. The van der Waals surface area contributed by atoms with Crippen molar-refractivity contribution in [2.45, 2.75) is 39.5 Å². The predicted octanol–water partition coefficient (Wildman–Crippen LogP) is 4.03. The molecule has 0 saturated heterocycles. The normalized spacial score (nSPS) is 13.2. The molecule has 112 valence electrons. The van der Waals surface area contributed by atoms with E-state index in [1.165, 1.54) is 12.8 Å². The topological polar surface area (TPSA) is 67.8 Å². The molecule has 0 radical (unpaired) electrons. The van der Waals surface area contributed by atoms with E-state index >= 15 is 0 Å². The summed E-state index contributed by atoms with van der Waals surface area (Å²) in [5.74, 6) is 1.12. The molecule has 1 unspecified atom stereocenters. The highest BCUT2D eigenvalue weighted by atomic mass is 35.5. The molecule has 1 rings (SSSR count). The molecule has 1 aromatic carbocycles. The number of hydrogen-bond donors (Lipinski definition) is 2. The van der Waals surface area contributed by atoms with Crippen molar-refractivity contribution >= 4 is 17.4 Å². The zero-order chi connectivity index (χ0) is 15.0. The van der Waals surface area contributed by atoms with Crippen LogP contribution in [0.2, 0.25) is 5.02 Å². The number of ether oxygens (including phenoxy) is 1. The van der Waals surface area contributed by atoms with Crippen LogP contribution >= 0.6 is 11.6 Å². The Balaban J connectivity index is 2.76. The number of nitrogens with two attached hydrogens (primary N) is 1. The van der Waals surface area contributed by atoms with Gasteiger partial charge in [-0.1, -0.05) is 49.9 Å². The second-order valence-electron chi connectivity index (χ2n) is 4.85. The van der Waals surface area contributed by atoms with E-state index in [-0.39, 0.29) is 5.84 Å². The standard InChI is InChI=1S/C15H23ClN2O2/c1-3-5-6-11(4-2)10-20-14-8-7-12(16)9-13(14)15(17)18-19/h7-9,11,19H,3-6,10H2,1-2H3,(H2,17,18). The summed E-state index contributed by atoms with van der Waals surface area (Å²) in [4.78, 5) is 0. The monoisotopic (exact) mass is 298 g/mol. The van der Waals surface area contributed by atoms with Crippen molar-refractivity contribution in [3.8, 4) is 5.75 Å². The van der Waals surface area contributed by atoms with Crippen LogP contribution < -0.4 is 10.5 Å². The third kappa shape index (κ3) is 4.93. The van der Waals surface area contributed by atoms with Crippen LogP contribution in [0.5, 0.6) is 5.75 Å². The van der Waals surface area contributed by atoms with Gasteiger partial charge in [0.15, 0.2) is 5.84 Å².